The number of aromatic nitrogens is 1. The Morgan fingerprint density at radius 1 is 1.36 bits per heavy atom. The van der Waals surface area contributed by atoms with E-state index in [1.807, 2.05) is 0 Å². The van der Waals surface area contributed by atoms with Gasteiger partial charge >= 0.3 is 0 Å². The average molecular weight is 170 g/mol. The molecule has 0 aliphatic heterocycles. The van der Waals surface area contributed by atoms with Crippen molar-refractivity contribution in [1.29, 1.82) is 0 Å². The monoisotopic (exact) mass is 170 g/mol. The van der Waals surface area contributed by atoms with Crippen molar-refractivity contribution in [3.8, 4) is 0 Å². The van der Waals surface area contributed by atoms with Crippen molar-refractivity contribution in [1.82, 2.24) is 4.57 Å². The zero-order chi connectivity index (χ0) is 8.43. The minimum atomic E-state index is 1.24. The molecular weight excluding hydrogens is 156 g/mol. The van der Waals surface area contributed by atoms with Gasteiger partial charge < -0.3 is 9.47 Å². The maximum atomic E-state index is 2.19. The van der Waals surface area contributed by atoms with Crippen molar-refractivity contribution in [2.45, 2.75) is 5.03 Å². The van der Waals surface area contributed by atoms with E-state index in [9.17, 15) is 0 Å². The fourth-order valence-electron chi connectivity index (χ4n) is 1.14. The summed E-state index contributed by atoms with van der Waals surface area (Å²) in [5, 5.41) is 1.30. The first-order valence-corrected chi connectivity index (χ1v) is 4.76. The highest BCUT2D eigenvalue weighted by Crippen LogP contribution is 2.21. The van der Waals surface area contributed by atoms with Crippen LogP contribution in [-0.4, -0.2) is 24.9 Å². The molecule has 3 heteroatoms. The van der Waals surface area contributed by atoms with E-state index >= 15 is 0 Å². The van der Waals surface area contributed by atoms with Gasteiger partial charge in [-0.25, -0.2) is 0 Å². The van der Waals surface area contributed by atoms with Crippen molar-refractivity contribution in [3.63, 3.8) is 0 Å². The molecule has 0 bridgehead atoms. The molecule has 0 amide bonds. The van der Waals surface area contributed by atoms with Crippen molar-refractivity contribution in [3.05, 3.63) is 12.1 Å². The molecule has 2 nitrogen and oxygen atoms in total. The fourth-order valence-corrected chi connectivity index (χ4v) is 1.71. The van der Waals surface area contributed by atoms with Crippen LogP contribution in [0.1, 0.15) is 0 Å². The third-order valence-electron chi connectivity index (χ3n) is 1.72. The molecule has 0 spiro atoms. The summed E-state index contributed by atoms with van der Waals surface area (Å²) < 4.78 is 2.19. The first kappa shape index (κ1) is 8.53. The molecule has 0 fully saturated rings. The Morgan fingerprint density at radius 3 is 2.27 bits per heavy atom. The normalized spacial score (nSPS) is 10.2. The molecule has 0 radical (unpaired) electrons. The Kier molecular flexibility index (Phi) is 2.49. The molecule has 1 heterocycles. The Morgan fingerprint density at radius 2 is 2.00 bits per heavy atom. The van der Waals surface area contributed by atoms with Crippen LogP contribution in [0.4, 0.5) is 5.82 Å². The molecule has 0 aliphatic carbocycles. The number of anilines is 1. The molecule has 62 valence electrons. The molecule has 0 N–H and O–H groups in total. The van der Waals surface area contributed by atoms with Crippen molar-refractivity contribution in [2.75, 3.05) is 25.3 Å². The van der Waals surface area contributed by atoms with E-state index in [-0.39, 0.29) is 0 Å². The molecule has 1 aromatic heterocycles. The summed E-state index contributed by atoms with van der Waals surface area (Å²) in [6.45, 7) is 0. The number of hydrogen-bond acceptors (Lipinski definition) is 2. The lowest BCUT2D eigenvalue weighted by atomic mass is 10.6. The predicted molar refractivity (Wildman–Crippen MR) is 51.5 cm³/mol. The number of thioether (sulfide) groups is 1. The molecule has 0 atom stereocenters. The highest BCUT2D eigenvalue weighted by atomic mass is 32.2. The molecule has 0 aromatic carbocycles. The Labute approximate surface area is 72.2 Å². The van der Waals surface area contributed by atoms with E-state index in [1.165, 1.54) is 10.8 Å². The van der Waals surface area contributed by atoms with Gasteiger partial charge in [0.1, 0.15) is 5.82 Å². The zero-order valence-electron chi connectivity index (χ0n) is 7.46. The van der Waals surface area contributed by atoms with Crippen molar-refractivity contribution >= 4 is 17.6 Å². The second kappa shape index (κ2) is 3.22. The zero-order valence-corrected chi connectivity index (χ0v) is 8.27. The van der Waals surface area contributed by atoms with Crippen LogP contribution in [-0.2, 0) is 7.05 Å². The second-order valence-electron chi connectivity index (χ2n) is 2.69. The van der Waals surface area contributed by atoms with Crippen LogP contribution in [0, 0.1) is 0 Å². The molecule has 1 aromatic rings. The Hall–Kier alpha value is -0.570. The van der Waals surface area contributed by atoms with Gasteiger partial charge in [-0.1, -0.05) is 0 Å². The van der Waals surface area contributed by atoms with E-state index in [1.54, 1.807) is 11.8 Å². The summed E-state index contributed by atoms with van der Waals surface area (Å²) in [6.07, 6.45) is 2.09. The van der Waals surface area contributed by atoms with Crippen LogP contribution >= 0.6 is 11.8 Å². The summed E-state index contributed by atoms with van der Waals surface area (Å²) in [7, 11) is 6.19. The first-order valence-electron chi connectivity index (χ1n) is 3.54. The van der Waals surface area contributed by atoms with E-state index < -0.39 is 0 Å². The topological polar surface area (TPSA) is 8.17 Å². The largest absolute Gasteiger partial charge is 0.364 e. The standard InChI is InChI=1S/C8H14N2S/c1-9(2)7-5-6-8(11-4)10(7)3/h5-6H,1-4H3. The highest BCUT2D eigenvalue weighted by Gasteiger charge is 2.03. The van der Waals surface area contributed by atoms with Crippen molar-refractivity contribution in [2.24, 2.45) is 7.05 Å². The van der Waals surface area contributed by atoms with Crippen LogP contribution in [0.5, 0.6) is 0 Å². The Bertz CT molecular complexity index is 240. The van der Waals surface area contributed by atoms with Crippen LogP contribution < -0.4 is 4.90 Å². The van der Waals surface area contributed by atoms with Gasteiger partial charge in [0.2, 0.25) is 0 Å². The van der Waals surface area contributed by atoms with Gasteiger partial charge in [-0.3, -0.25) is 0 Å². The summed E-state index contributed by atoms with van der Waals surface area (Å²) >= 11 is 1.77. The minimum absolute atomic E-state index is 1.24. The lowest BCUT2D eigenvalue weighted by Gasteiger charge is -2.13. The number of rotatable bonds is 2. The lowest BCUT2D eigenvalue weighted by molar-refractivity contribution is 0.809. The van der Waals surface area contributed by atoms with Gasteiger partial charge in [-0.15, -0.1) is 11.8 Å². The highest BCUT2D eigenvalue weighted by molar-refractivity contribution is 7.98. The molecule has 0 unspecified atom stereocenters. The number of nitrogens with zero attached hydrogens (tertiary/aromatic N) is 2. The Balaban J connectivity index is 3.00. The van der Waals surface area contributed by atoms with Crippen LogP contribution in [0.2, 0.25) is 0 Å². The summed E-state index contributed by atoms with van der Waals surface area (Å²) in [6, 6.07) is 4.27. The first-order chi connectivity index (χ1) is 5.16. The van der Waals surface area contributed by atoms with Gasteiger partial charge in [-0.2, -0.15) is 0 Å². The van der Waals surface area contributed by atoms with E-state index in [0.29, 0.717) is 0 Å². The van der Waals surface area contributed by atoms with E-state index in [0.717, 1.165) is 0 Å². The van der Waals surface area contributed by atoms with Gasteiger partial charge in [0.15, 0.2) is 0 Å². The quantitative estimate of drug-likeness (QED) is 0.625. The summed E-state index contributed by atoms with van der Waals surface area (Å²) in [5.41, 5.74) is 0. The summed E-state index contributed by atoms with van der Waals surface area (Å²) in [5.74, 6) is 1.24. The minimum Gasteiger partial charge on any atom is -0.364 e. The average Bonchev–Trinajstić information content (AvgIpc) is 2.30. The van der Waals surface area contributed by atoms with Gasteiger partial charge in [0.05, 0.1) is 5.03 Å². The second-order valence-corrected chi connectivity index (χ2v) is 3.51. The molecule has 0 aliphatic rings. The number of hydrogen-bond donors (Lipinski definition) is 0. The van der Waals surface area contributed by atoms with Gasteiger partial charge in [-0.05, 0) is 18.4 Å². The third kappa shape index (κ3) is 1.53. The molecule has 1 rings (SSSR count). The van der Waals surface area contributed by atoms with Crippen LogP contribution in [0.3, 0.4) is 0 Å². The van der Waals surface area contributed by atoms with E-state index in [4.69, 9.17) is 0 Å². The third-order valence-corrected chi connectivity index (χ3v) is 2.54. The van der Waals surface area contributed by atoms with Crippen LogP contribution in [0.25, 0.3) is 0 Å². The lowest BCUT2D eigenvalue weighted by Crippen LogP contribution is -2.12. The SMILES string of the molecule is CSc1ccc(N(C)C)n1C. The van der Waals surface area contributed by atoms with Gasteiger partial charge in [0, 0.05) is 21.1 Å². The van der Waals surface area contributed by atoms with E-state index in [2.05, 4.69) is 49.0 Å². The molecule has 0 saturated heterocycles. The maximum Gasteiger partial charge on any atom is 0.108 e. The molecule has 0 saturated carbocycles. The van der Waals surface area contributed by atoms with Crippen molar-refractivity contribution < 1.29 is 0 Å². The molecular formula is C8H14N2S. The predicted octanol–water partition coefficient (Wildman–Crippen LogP) is 1.81. The smallest absolute Gasteiger partial charge is 0.108 e. The summed E-state index contributed by atoms with van der Waals surface area (Å²) in [4.78, 5) is 2.11. The molecule has 11 heavy (non-hydrogen) atoms. The maximum absolute atomic E-state index is 2.19. The van der Waals surface area contributed by atoms with Crippen LogP contribution in [0.15, 0.2) is 17.2 Å². The fraction of sp³-hybridized carbons (Fsp3) is 0.500. The van der Waals surface area contributed by atoms with Gasteiger partial charge in [0.25, 0.3) is 0 Å².